The molecule has 0 bridgehead atoms. The Morgan fingerprint density at radius 3 is 2.60 bits per heavy atom. The minimum absolute atomic E-state index is 0.262. The van der Waals surface area contributed by atoms with E-state index in [1.54, 1.807) is 36.7 Å². The third-order valence-electron chi connectivity index (χ3n) is 3.11. The van der Waals surface area contributed by atoms with Crippen LogP contribution in [0.5, 0.6) is 0 Å². The number of pyridine rings is 1. The second-order valence-electron chi connectivity index (χ2n) is 4.96. The summed E-state index contributed by atoms with van der Waals surface area (Å²) in [4.78, 5) is 15.8. The van der Waals surface area contributed by atoms with Crippen molar-refractivity contribution in [1.82, 2.24) is 20.5 Å². The minimum atomic E-state index is -0.269. The Hall–Kier alpha value is -2.94. The molecule has 3 aromatic rings. The minimum Gasteiger partial charge on any atom is -0.444 e. The molecule has 0 unspecified atom stereocenters. The topological polar surface area (TPSA) is 105 Å². The molecule has 3 aromatic heterocycles. The van der Waals surface area contributed by atoms with Gasteiger partial charge < -0.3 is 20.4 Å². The van der Waals surface area contributed by atoms with Gasteiger partial charge in [-0.05, 0) is 52.3 Å². The van der Waals surface area contributed by atoms with Crippen molar-refractivity contribution in [3.05, 3.63) is 59.2 Å². The average Bonchev–Trinajstić information content (AvgIpc) is 3.07. The molecule has 25 heavy (non-hydrogen) atoms. The van der Waals surface area contributed by atoms with Crippen LogP contribution in [0, 0.1) is 0 Å². The fourth-order valence-electron chi connectivity index (χ4n) is 1.97. The lowest BCUT2D eigenvalue weighted by atomic mass is 10.4. The van der Waals surface area contributed by atoms with Crippen molar-refractivity contribution in [2.45, 2.75) is 0 Å². The van der Waals surface area contributed by atoms with Gasteiger partial charge in [0.25, 0.3) is 5.91 Å². The molecule has 3 N–H and O–H groups in total. The van der Waals surface area contributed by atoms with Crippen LogP contribution < -0.4 is 16.0 Å². The van der Waals surface area contributed by atoms with Crippen LogP contribution in [0.1, 0.15) is 10.6 Å². The van der Waals surface area contributed by atoms with Crippen LogP contribution >= 0.6 is 15.9 Å². The van der Waals surface area contributed by atoms with Gasteiger partial charge in [-0.1, -0.05) is 0 Å². The summed E-state index contributed by atoms with van der Waals surface area (Å²) in [6.45, 7) is 0.937. The van der Waals surface area contributed by atoms with E-state index >= 15 is 0 Å². The van der Waals surface area contributed by atoms with Gasteiger partial charge in [0, 0.05) is 19.3 Å². The Bertz CT molecular complexity index is 822. The van der Waals surface area contributed by atoms with Crippen LogP contribution in [0.25, 0.3) is 0 Å². The smallest absolute Gasteiger partial charge is 0.287 e. The van der Waals surface area contributed by atoms with Gasteiger partial charge >= 0.3 is 0 Å². The number of hydrogen-bond acceptors (Lipinski definition) is 7. The van der Waals surface area contributed by atoms with E-state index in [2.05, 4.69) is 47.1 Å². The zero-order valence-electron chi connectivity index (χ0n) is 13.1. The van der Waals surface area contributed by atoms with Gasteiger partial charge in [-0.2, -0.15) is 0 Å². The molecule has 0 radical (unpaired) electrons. The number of anilines is 3. The van der Waals surface area contributed by atoms with Crippen molar-refractivity contribution in [3.63, 3.8) is 0 Å². The highest BCUT2D eigenvalue weighted by Gasteiger charge is 2.09. The van der Waals surface area contributed by atoms with E-state index in [1.807, 2.05) is 12.1 Å². The molecule has 0 fully saturated rings. The Balaban J connectivity index is 1.42. The number of aromatic nitrogens is 3. The van der Waals surface area contributed by atoms with Gasteiger partial charge in [-0.25, -0.2) is 0 Å². The number of carbonyl (C=O) groups is 1. The van der Waals surface area contributed by atoms with Gasteiger partial charge in [-0.15, -0.1) is 10.2 Å². The zero-order chi connectivity index (χ0) is 17.5. The van der Waals surface area contributed by atoms with E-state index in [4.69, 9.17) is 4.42 Å². The second kappa shape index (κ2) is 8.25. The summed E-state index contributed by atoms with van der Waals surface area (Å²) in [6.07, 6.45) is 3.40. The Morgan fingerprint density at radius 2 is 1.92 bits per heavy atom. The highest BCUT2D eigenvalue weighted by molar-refractivity contribution is 9.10. The number of nitrogens with one attached hydrogen (secondary N) is 3. The van der Waals surface area contributed by atoms with Crippen molar-refractivity contribution >= 4 is 39.2 Å². The largest absolute Gasteiger partial charge is 0.444 e. The van der Waals surface area contributed by atoms with Crippen molar-refractivity contribution in [2.24, 2.45) is 0 Å². The molecule has 0 atom stereocenters. The van der Waals surface area contributed by atoms with Gasteiger partial charge in [0.05, 0.1) is 11.9 Å². The molecule has 3 heterocycles. The molecule has 0 aliphatic rings. The van der Waals surface area contributed by atoms with Gasteiger partial charge in [-0.3, -0.25) is 9.78 Å². The summed E-state index contributed by atoms with van der Waals surface area (Å²) in [5.74, 6) is 1.23. The number of amides is 1. The third kappa shape index (κ3) is 5.01. The summed E-state index contributed by atoms with van der Waals surface area (Å²) < 4.78 is 5.69. The molecule has 1 amide bonds. The highest BCUT2D eigenvalue weighted by atomic mass is 79.9. The number of halogens is 1. The summed E-state index contributed by atoms with van der Waals surface area (Å²) in [6, 6.07) is 10.6. The number of furan rings is 1. The Morgan fingerprint density at radius 1 is 1.08 bits per heavy atom. The van der Waals surface area contributed by atoms with Crippen molar-refractivity contribution in [2.75, 3.05) is 23.7 Å². The molecule has 8 nitrogen and oxygen atoms in total. The molecule has 3 rings (SSSR count). The maximum atomic E-state index is 11.8. The molecular weight excluding hydrogens is 388 g/mol. The fourth-order valence-corrected chi connectivity index (χ4v) is 2.27. The Kier molecular flexibility index (Phi) is 5.57. The molecule has 0 aliphatic heterocycles. The van der Waals surface area contributed by atoms with E-state index < -0.39 is 0 Å². The third-order valence-corrected chi connectivity index (χ3v) is 3.54. The number of hydrogen-bond donors (Lipinski definition) is 3. The molecule has 0 saturated heterocycles. The standard InChI is InChI=1S/C16H15BrN6O2/c17-13-4-3-12(25-13)16(24)20-9-8-19-14-5-6-15(23-22-14)21-11-2-1-7-18-10-11/h1-7,10H,8-9H2,(H,19,22)(H,20,24)(H,21,23). The van der Waals surface area contributed by atoms with Crippen LogP contribution in [0.2, 0.25) is 0 Å². The summed E-state index contributed by atoms with van der Waals surface area (Å²) >= 11 is 3.16. The Labute approximate surface area is 152 Å². The molecule has 9 heteroatoms. The summed E-state index contributed by atoms with van der Waals surface area (Å²) in [7, 11) is 0. The summed E-state index contributed by atoms with van der Waals surface area (Å²) in [5.41, 5.74) is 0.838. The van der Waals surface area contributed by atoms with Crippen molar-refractivity contribution < 1.29 is 9.21 Å². The lowest BCUT2D eigenvalue weighted by molar-refractivity contribution is 0.0926. The highest BCUT2D eigenvalue weighted by Crippen LogP contribution is 2.14. The molecule has 0 spiro atoms. The van der Waals surface area contributed by atoms with Crippen LogP contribution in [0.15, 0.2) is 57.9 Å². The first-order valence-corrected chi connectivity index (χ1v) is 8.28. The number of carbonyl (C=O) groups excluding carboxylic acids is 1. The lowest BCUT2D eigenvalue weighted by Gasteiger charge is -2.07. The van der Waals surface area contributed by atoms with Gasteiger partial charge in [0.15, 0.2) is 16.2 Å². The maximum absolute atomic E-state index is 11.8. The monoisotopic (exact) mass is 402 g/mol. The maximum Gasteiger partial charge on any atom is 0.287 e. The van der Waals surface area contributed by atoms with E-state index in [1.165, 1.54) is 0 Å². The number of nitrogens with zero attached hydrogens (tertiary/aromatic N) is 3. The van der Waals surface area contributed by atoms with Crippen LogP contribution in [0.3, 0.4) is 0 Å². The predicted molar refractivity (Wildman–Crippen MR) is 96.8 cm³/mol. The van der Waals surface area contributed by atoms with Crippen molar-refractivity contribution in [1.29, 1.82) is 0 Å². The van der Waals surface area contributed by atoms with Crippen molar-refractivity contribution in [3.8, 4) is 0 Å². The van der Waals surface area contributed by atoms with E-state index in [-0.39, 0.29) is 11.7 Å². The summed E-state index contributed by atoms with van der Waals surface area (Å²) in [5, 5.41) is 17.1. The predicted octanol–water partition coefficient (Wildman–Crippen LogP) is 2.81. The normalized spacial score (nSPS) is 10.3. The van der Waals surface area contributed by atoms with Gasteiger partial charge in [0.2, 0.25) is 0 Å². The molecule has 128 valence electrons. The zero-order valence-corrected chi connectivity index (χ0v) is 14.7. The lowest BCUT2D eigenvalue weighted by Crippen LogP contribution is -2.28. The second-order valence-corrected chi connectivity index (χ2v) is 5.74. The van der Waals surface area contributed by atoms with E-state index in [0.29, 0.717) is 29.4 Å². The average molecular weight is 403 g/mol. The fraction of sp³-hybridized carbons (Fsp3) is 0.125. The first-order chi connectivity index (χ1) is 12.2. The van der Waals surface area contributed by atoms with Crippen LogP contribution in [-0.2, 0) is 0 Å². The molecule has 0 aliphatic carbocycles. The number of rotatable bonds is 7. The van der Waals surface area contributed by atoms with Gasteiger partial charge in [0.1, 0.15) is 5.82 Å². The SMILES string of the molecule is O=C(NCCNc1ccc(Nc2cccnc2)nn1)c1ccc(Br)o1. The molecular formula is C16H15BrN6O2. The van der Waals surface area contributed by atoms with E-state index in [0.717, 1.165) is 5.69 Å². The van der Waals surface area contributed by atoms with E-state index in [9.17, 15) is 4.79 Å². The van der Waals surface area contributed by atoms with Crippen LogP contribution in [-0.4, -0.2) is 34.2 Å². The quantitative estimate of drug-likeness (QED) is 0.521. The first-order valence-electron chi connectivity index (χ1n) is 7.49. The molecule has 0 aromatic carbocycles. The van der Waals surface area contributed by atoms with Crippen LogP contribution in [0.4, 0.5) is 17.3 Å². The molecule has 0 saturated carbocycles. The first kappa shape index (κ1) is 16.9.